The lowest BCUT2D eigenvalue weighted by atomic mass is 9.94. The first-order chi connectivity index (χ1) is 9.81. The Morgan fingerprint density at radius 3 is 2.62 bits per heavy atom. The summed E-state index contributed by atoms with van der Waals surface area (Å²) >= 11 is 0. The van der Waals surface area contributed by atoms with Gasteiger partial charge >= 0.3 is 5.97 Å². The minimum absolute atomic E-state index is 0.114. The minimum Gasteiger partial charge on any atom is -0.481 e. The lowest BCUT2D eigenvalue weighted by Gasteiger charge is -2.19. The van der Waals surface area contributed by atoms with Gasteiger partial charge in [0.2, 0.25) is 5.91 Å². The van der Waals surface area contributed by atoms with Crippen LogP contribution in [0.4, 0.5) is 0 Å². The number of aromatic amines is 1. The van der Waals surface area contributed by atoms with Crippen molar-refractivity contribution in [2.75, 3.05) is 6.54 Å². The number of rotatable bonds is 5. The van der Waals surface area contributed by atoms with Gasteiger partial charge in [0, 0.05) is 23.1 Å². The van der Waals surface area contributed by atoms with Crippen molar-refractivity contribution in [3.05, 3.63) is 35.5 Å². The maximum atomic E-state index is 12.1. The number of carboxylic acid groups (broad SMARTS) is 1. The Kier molecular flexibility index (Phi) is 4.02. The van der Waals surface area contributed by atoms with Crippen molar-refractivity contribution in [2.24, 2.45) is 5.41 Å². The molecule has 1 amide bonds. The average Bonchev–Trinajstić information content (AvgIpc) is 2.73. The molecule has 0 saturated heterocycles. The number of hydrogen-bond donors (Lipinski definition) is 3. The first-order valence-electron chi connectivity index (χ1n) is 6.87. The molecule has 2 rings (SSSR count). The SMILES string of the molecule is Cc1[nH]c2ccccc2c1CC(=O)NCC(C)(C)C(=O)O. The fourth-order valence-corrected chi connectivity index (χ4v) is 2.18. The third kappa shape index (κ3) is 3.24. The summed E-state index contributed by atoms with van der Waals surface area (Å²) in [6.45, 7) is 5.23. The highest BCUT2D eigenvalue weighted by atomic mass is 16.4. The van der Waals surface area contributed by atoms with Crippen LogP contribution < -0.4 is 5.32 Å². The summed E-state index contributed by atoms with van der Waals surface area (Å²) in [5, 5.41) is 12.8. The molecule has 0 fully saturated rings. The third-order valence-electron chi connectivity index (χ3n) is 3.67. The van der Waals surface area contributed by atoms with Crippen molar-refractivity contribution in [1.82, 2.24) is 10.3 Å². The van der Waals surface area contributed by atoms with Crippen LogP contribution in [-0.2, 0) is 16.0 Å². The molecule has 2 aromatic rings. The van der Waals surface area contributed by atoms with Gasteiger partial charge in [-0.1, -0.05) is 18.2 Å². The molecule has 0 atom stereocenters. The lowest BCUT2D eigenvalue weighted by molar-refractivity contribution is -0.146. The minimum atomic E-state index is -0.967. The molecule has 21 heavy (non-hydrogen) atoms. The molecule has 1 heterocycles. The van der Waals surface area contributed by atoms with E-state index < -0.39 is 11.4 Å². The molecule has 0 radical (unpaired) electrons. The molecule has 3 N–H and O–H groups in total. The predicted molar refractivity (Wildman–Crippen MR) is 81.2 cm³/mol. The van der Waals surface area contributed by atoms with Crippen LogP contribution in [0.3, 0.4) is 0 Å². The number of aromatic nitrogens is 1. The number of fused-ring (bicyclic) bond motifs is 1. The molecule has 1 aromatic carbocycles. The summed E-state index contributed by atoms with van der Waals surface area (Å²) in [5.41, 5.74) is 1.95. The van der Waals surface area contributed by atoms with Crippen molar-refractivity contribution < 1.29 is 14.7 Å². The zero-order chi connectivity index (χ0) is 15.6. The smallest absolute Gasteiger partial charge is 0.310 e. The van der Waals surface area contributed by atoms with Gasteiger partial charge in [-0.3, -0.25) is 9.59 Å². The van der Waals surface area contributed by atoms with E-state index >= 15 is 0 Å². The number of amides is 1. The maximum Gasteiger partial charge on any atom is 0.310 e. The number of hydrogen-bond acceptors (Lipinski definition) is 2. The Hall–Kier alpha value is -2.30. The fourth-order valence-electron chi connectivity index (χ4n) is 2.18. The van der Waals surface area contributed by atoms with Gasteiger partial charge in [-0.25, -0.2) is 0 Å². The highest BCUT2D eigenvalue weighted by Gasteiger charge is 2.27. The van der Waals surface area contributed by atoms with E-state index in [1.807, 2.05) is 31.2 Å². The number of para-hydroxylation sites is 1. The molecule has 0 aliphatic carbocycles. The standard InChI is InChI=1S/C16H20N2O3/c1-10-12(11-6-4-5-7-13(11)18-10)8-14(19)17-9-16(2,3)15(20)21/h4-7,18H,8-9H2,1-3H3,(H,17,19)(H,20,21). The maximum absolute atomic E-state index is 12.1. The molecule has 5 heteroatoms. The van der Waals surface area contributed by atoms with Crippen LogP contribution in [0, 0.1) is 12.3 Å². The summed E-state index contributed by atoms with van der Waals surface area (Å²) in [6.07, 6.45) is 0.242. The Morgan fingerprint density at radius 2 is 1.95 bits per heavy atom. The fraction of sp³-hybridized carbons (Fsp3) is 0.375. The van der Waals surface area contributed by atoms with E-state index in [1.165, 1.54) is 0 Å². The number of aryl methyl sites for hydroxylation is 1. The quantitative estimate of drug-likeness (QED) is 0.789. The second-order valence-corrected chi connectivity index (χ2v) is 5.92. The first-order valence-corrected chi connectivity index (χ1v) is 6.87. The van der Waals surface area contributed by atoms with E-state index in [1.54, 1.807) is 13.8 Å². The number of H-pyrrole nitrogens is 1. The van der Waals surface area contributed by atoms with Gasteiger partial charge in [-0.2, -0.15) is 0 Å². The highest BCUT2D eigenvalue weighted by molar-refractivity contribution is 5.90. The largest absolute Gasteiger partial charge is 0.481 e. The number of carbonyl (C=O) groups excluding carboxylic acids is 1. The van der Waals surface area contributed by atoms with Gasteiger partial charge in [0.05, 0.1) is 11.8 Å². The van der Waals surface area contributed by atoms with Gasteiger partial charge in [0.15, 0.2) is 0 Å². The number of carbonyl (C=O) groups is 2. The van der Waals surface area contributed by atoms with Gasteiger partial charge in [0.1, 0.15) is 0 Å². The van der Waals surface area contributed by atoms with E-state index in [-0.39, 0.29) is 18.9 Å². The molecule has 0 bridgehead atoms. The van der Waals surface area contributed by atoms with E-state index in [0.29, 0.717) is 0 Å². The second kappa shape index (κ2) is 5.60. The van der Waals surface area contributed by atoms with Crippen molar-refractivity contribution >= 4 is 22.8 Å². The van der Waals surface area contributed by atoms with Gasteiger partial charge in [-0.15, -0.1) is 0 Å². The predicted octanol–water partition coefficient (Wildman–Crippen LogP) is 2.25. The van der Waals surface area contributed by atoms with Gasteiger partial charge in [0.25, 0.3) is 0 Å². The van der Waals surface area contributed by atoms with E-state index in [9.17, 15) is 9.59 Å². The van der Waals surface area contributed by atoms with Crippen LogP contribution in [0.25, 0.3) is 10.9 Å². The van der Waals surface area contributed by atoms with Crippen LogP contribution in [0.5, 0.6) is 0 Å². The summed E-state index contributed by atoms with van der Waals surface area (Å²) < 4.78 is 0. The van der Waals surface area contributed by atoms with Crippen LogP contribution in [0.2, 0.25) is 0 Å². The summed E-state index contributed by atoms with van der Waals surface area (Å²) in [4.78, 5) is 26.3. The molecule has 0 spiro atoms. The molecule has 0 aliphatic rings. The molecular formula is C16H20N2O3. The lowest BCUT2D eigenvalue weighted by Crippen LogP contribution is -2.39. The van der Waals surface area contributed by atoms with Crippen LogP contribution in [0.15, 0.2) is 24.3 Å². The molecule has 0 unspecified atom stereocenters. The Bertz CT molecular complexity index is 686. The zero-order valence-electron chi connectivity index (χ0n) is 12.5. The van der Waals surface area contributed by atoms with Gasteiger partial charge < -0.3 is 15.4 Å². The molecule has 0 saturated carbocycles. The third-order valence-corrected chi connectivity index (χ3v) is 3.67. The summed E-state index contributed by atoms with van der Waals surface area (Å²) in [5.74, 6) is -1.09. The average molecular weight is 288 g/mol. The van der Waals surface area contributed by atoms with E-state index in [2.05, 4.69) is 10.3 Å². The normalized spacial score (nSPS) is 11.6. The van der Waals surface area contributed by atoms with Crippen molar-refractivity contribution in [1.29, 1.82) is 0 Å². The molecule has 0 aliphatic heterocycles. The van der Waals surface area contributed by atoms with Crippen LogP contribution >= 0.6 is 0 Å². The van der Waals surface area contributed by atoms with E-state index in [0.717, 1.165) is 22.2 Å². The van der Waals surface area contributed by atoms with Crippen LogP contribution in [-0.4, -0.2) is 28.5 Å². The Balaban J connectivity index is 2.09. The zero-order valence-corrected chi connectivity index (χ0v) is 12.5. The van der Waals surface area contributed by atoms with E-state index in [4.69, 9.17) is 5.11 Å². The van der Waals surface area contributed by atoms with Crippen LogP contribution in [0.1, 0.15) is 25.1 Å². The molecular weight excluding hydrogens is 268 g/mol. The monoisotopic (exact) mass is 288 g/mol. The first kappa shape index (κ1) is 15.1. The topological polar surface area (TPSA) is 82.2 Å². The highest BCUT2D eigenvalue weighted by Crippen LogP contribution is 2.22. The number of nitrogens with one attached hydrogen (secondary N) is 2. The molecule has 1 aromatic heterocycles. The second-order valence-electron chi connectivity index (χ2n) is 5.92. The number of aliphatic carboxylic acids is 1. The van der Waals surface area contributed by atoms with Crippen molar-refractivity contribution in [3.63, 3.8) is 0 Å². The summed E-state index contributed by atoms with van der Waals surface area (Å²) in [6, 6.07) is 7.82. The summed E-state index contributed by atoms with van der Waals surface area (Å²) in [7, 11) is 0. The van der Waals surface area contributed by atoms with Crippen molar-refractivity contribution in [3.8, 4) is 0 Å². The Labute approximate surface area is 123 Å². The number of benzene rings is 1. The number of carboxylic acids is 1. The molecule has 112 valence electrons. The van der Waals surface area contributed by atoms with Gasteiger partial charge in [-0.05, 0) is 32.4 Å². The van der Waals surface area contributed by atoms with Crippen molar-refractivity contribution in [2.45, 2.75) is 27.2 Å². The molecule has 5 nitrogen and oxygen atoms in total. The Morgan fingerprint density at radius 1 is 1.29 bits per heavy atom.